The average Bonchev–Trinajstić information content (AvgIpc) is 2.42. The molecule has 0 bridgehead atoms. The molecule has 0 amide bonds. The normalized spacial score (nSPS) is 14.2. The Kier molecular flexibility index (Phi) is 6.72. The predicted molar refractivity (Wildman–Crippen MR) is 69.7 cm³/mol. The van der Waals surface area contributed by atoms with Crippen LogP contribution in [0.1, 0.15) is 31.9 Å². The Morgan fingerprint density at radius 3 is 2.50 bits per heavy atom. The molecule has 2 N–H and O–H groups in total. The van der Waals surface area contributed by atoms with Gasteiger partial charge in [-0.25, -0.2) is 0 Å². The number of hydrogen-bond acceptors (Lipinski definition) is 4. The molecule has 0 aromatic heterocycles. The Morgan fingerprint density at radius 2 is 1.83 bits per heavy atom. The molecule has 0 fully saturated rings. The predicted octanol–water partition coefficient (Wildman–Crippen LogP) is 1.91. The lowest BCUT2D eigenvalue weighted by Crippen LogP contribution is -2.23. The average molecular weight is 254 g/mol. The van der Waals surface area contributed by atoms with Gasteiger partial charge in [-0.2, -0.15) is 0 Å². The largest absolute Gasteiger partial charge is 0.490 e. The van der Waals surface area contributed by atoms with Crippen LogP contribution in [0.3, 0.4) is 0 Å². The molecule has 1 aromatic carbocycles. The lowest BCUT2D eigenvalue weighted by atomic mass is 10.1. The van der Waals surface area contributed by atoms with Gasteiger partial charge in [0.15, 0.2) is 0 Å². The zero-order valence-corrected chi connectivity index (χ0v) is 11.0. The molecule has 1 rings (SSSR count). The molecule has 102 valence electrons. The lowest BCUT2D eigenvalue weighted by molar-refractivity contribution is 0.0157. The molecule has 0 saturated carbocycles. The van der Waals surface area contributed by atoms with E-state index in [1.165, 1.54) is 0 Å². The van der Waals surface area contributed by atoms with E-state index >= 15 is 0 Å². The van der Waals surface area contributed by atoms with Gasteiger partial charge in [0, 0.05) is 12.2 Å². The van der Waals surface area contributed by atoms with Crippen molar-refractivity contribution in [1.29, 1.82) is 0 Å². The molecular weight excluding hydrogens is 232 g/mol. The summed E-state index contributed by atoms with van der Waals surface area (Å²) in [5, 5.41) is 19.5. The summed E-state index contributed by atoms with van der Waals surface area (Å²) in [4.78, 5) is 0. The van der Waals surface area contributed by atoms with Crippen molar-refractivity contribution in [3.05, 3.63) is 29.8 Å². The van der Waals surface area contributed by atoms with Crippen molar-refractivity contribution in [2.75, 3.05) is 19.8 Å². The Hall–Kier alpha value is -1.10. The number of aliphatic hydroxyl groups is 2. The van der Waals surface area contributed by atoms with Crippen LogP contribution >= 0.6 is 0 Å². The van der Waals surface area contributed by atoms with Gasteiger partial charge in [-0.15, -0.1) is 0 Å². The first kappa shape index (κ1) is 15.0. The van der Waals surface area contributed by atoms with E-state index in [4.69, 9.17) is 9.47 Å². The monoisotopic (exact) mass is 254 g/mol. The number of rotatable bonds is 8. The van der Waals surface area contributed by atoms with Gasteiger partial charge < -0.3 is 19.7 Å². The fourth-order valence-electron chi connectivity index (χ4n) is 1.60. The van der Waals surface area contributed by atoms with Gasteiger partial charge in [-0.05, 0) is 19.4 Å². The van der Waals surface area contributed by atoms with Crippen LogP contribution in [-0.4, -0.2) is 36.1 Å². The zero-order valence-electron chi connectivity index (χ0n) is 11.0. The highest BCUT2D eigenvalue weighted by Gasteiger charge is 2.12. The summed E-state index contributed by atoms with van der Waals surface area (Å²) in [6.45, 7) is 4.77. The lowest BCUT2D eigenvalue weighted by Gasteiger charge is -2.17. The van der Waals surface area contributed by atoms with Crippen molar-refractivity contribution >= 4 is 0 Å². The molecule has 0 aliphatic heterocycles. The van der Waals surface area contributed by atoms with Crippen molar-refractivity contribution in [2.45, 2.75) is 32.5 Å². The van der Waals surface area contributed by atoms with Crippen LogP contribution in [0.5, 0.6) is 5.75 Å². The summed E-state index contributed by atoms with van der Waals surface area (Å²) >= 11 is 0. The van der Waals surface area contributed by atoms with E-state index in [2.05, 4.69) is 0 Å². The molecule has 18 heavy (non-hydrogen) atoms. The van der Waals surface area contributed by atoms with E-state index in [1.807, 2.05) is 32.0 Å². The maximum absolute atomic E-state index is 9.85. The zero-order chi connectivity index (χ0) is 13.4. The summed E-state index contributed by atoms with van der Waals surface area (Å²) in [7, 11) is 0. The van der Waals surface area contributed by atoms with Crippen molar-refractivity contribution in [1.82, 2.24) is 0 Å². The fourth-order valence-corrected chi connectivity index (χ4v) is 1.60. The minimum absolute atomic E-state index is 0.160. The van der Waals surface area contributed by atoms with Gasteiger partial charge in [-0.3, -0.25) is 0 Å². The molecule has 0 aliphatic carbocycles. The molecule has 1 unspecified atom stereocenters. The third-order valence-corrected chi connectivity index (χ3v) is 2.61. The highest BCUT2D eigenvalue weighted by molar-refractivity contribution is 5.35. The van der Waals surface area contributed by atoms with Crippen LogP contribution in [0.2, 0.25) is 0 Å². The molecule has 0 radical (unpaired) electrons. The van der Waals surface area contributed by atoms with Crippen LogP contribution in [-0.2, 0) is 4.74 Å². The summed E-state index contributed by atoms with van der Waals surface area (Å²) in [6, 6.07) is 7.33. The first-order valence-corrected chi connectivity index (χ1v) is 6.34. The standard InChI is InChI=1S/C14H22O4/c1-3-13(16)12-7-5-6-8-14(12)18-10-11(15)9-17-4-2/h5-8,11,13,15-16H,3-4,9-10H2,1-2H3/t11?,13-/m0/s1. The summed E-state index contributed by atoms with van der Waals surface area (Å²) < 4.78 is 10.6. The summed E-state index contributed by atoms with van der Waals surface area (Å²) in [6.07, 6.45) is -0.566. The Bertz CT molecular complexity index is 340. The Labute approximate surface area is 108 Å². The first-order valence-electron chi connectivity index (χ1n) is 6.34. The van der Waals surface area contributed by atoms with Crippen LogP contribution in [0.4, 0.5) is 0 Å². The number of ether oxygens (including phenoxy) is 2. The molecule has 1 aromatic rings. The fraction of sp³-hybridized carbons (Fsp3) is 0.571. The highest BCUT2D eigenvalue weighted by Crippen LogP contribution is 2.26. The second-order valence-corrected chi connectivity index (χ2v) is 4.09. The number of aliphatic hydroxyl groups excluding tert-OH is 2. The van der Waals surface area contributed by atoms with Crippen molar-refractivity contribution in [3.8, 4) is 5.75 Å². The molecule has 0 aliphatic rings. The van der Waals surface area contributed by atoms with E-state index in [1.54, 1.807) is 6.07 Å². The third-order valence-electron chi connectivity index (χ3n) is 2.61. The second kappa shape index (κ2) is 8.08. The minimum Gasteiger partial charge on any atom is -0.490 e. The Balaban J connectivity index is 2.56. The van der Waals surface area contributed by atoms with E-state index < -0.39 is 12.2 Å². The number of benzene rings is 1. The van der Waals surface area contributed by atoms with Gasteiger partial charge in [0.25, 0.3) is 0 Å². The van der Waals surface area contributed by atoms with Gasteiger partial charge >= 0.3 is 0 Å². The molecule has 0 saturated heterocycles. The Morgan fingerprint density at radius 1 is 1.11 bits per heavy atom. The minimum atomic E-state index is -0.656. The first-order chi connectivity index (χ1) is 8.69. The molecule has 2 atom stereocenters. The van der Waals surface area contributed by atoms with Gasteiger partial charge in [-0.1, -0.05) is 25.1 Å². The maximum Gasteiger partial charge on any atom is 0.125 e. The quantitative estimate of drug-likeness (QED) is 0.744. The van der Waals surface area contributed by atoms with E-state index in [0.717, 1.165) is 5.56 Å². The smallest absolute Gasteiger partial charge is 0.125 e. The highest BCUT2D eigenvalue weighted by atomic mass is 16.5. The van der Waals surface area contributed by atoms with Crippen LogP contribution < -0.4 is 4.74 Å². The number of para-hydroxylation sites is 1. The molecular formula is C14H22O4. The van der Waals surface area contributed by atoms with Crippen molar-refractivity contribution in [3.63, 3.8) is 0 Å². The second-order valence-electron chi connectivity index (χ2n) is 4.09. The van der Waals surface area contributed by atoms with Gasteiger partial charge in [0.2, 0.25) is 0 Å². The van der Waals surface area contributed by atoms with Crippen LogP contribution in [0.15, 0.2) is 24.3 Å². The molecule has 4 heteroatoms. The van der Waals surface area contributed by atoms with Crippen LogP contribution in [0, 0.1) is 0 Å². The van der Waals surface area contributed by atoms with E-state index in [-0.39, 0.29) is 13.2 Å². The molecule has 4 nitrogen and oxygen atoms in total. The van der Waals surface area contributed by atoms with Crippen LogP contribution in [0.25, 0.3) is 0 Å². The third kappa shape index (κ3) is 4.64. The van der Waals surface area contributed by atoms with Crippen molar-refractivity contribution in [2.24, 2.45) is 0 Å². The van der Waals surface area contributed by atoms with Gasteiger partial charge in [0.05, 0.1) is 12.7 Å². The van der Waals surface area contributed by atoms with Gasteiger partial charge in [0.1, 0.15) is 18.5 Å². The SMILES string of the molecule is CCOCC(O)COc1ccccc1[C@@H](O)CC. The number of hydrogen-bond donors (Lipinski definition) is 2. The topological polar surface area (TPSA) is 58.9 Å². The summed E-state index contributed by atoms with van der Waals surface area (Å²) in [5.41, 5.74) is 0.753. The van der Waals surface area contributed by atoms with E-state index in [0.29, 0.717) is 18.8 Å². The van der Waals surface area contributed by atoms with E-state index in [9.17, 15) is 10.2 Å². The summed E-state index contributed by atoms with van der Waals surface area (Å²) in [5.74, 6) is 0.613. The molecule has 0 heterocycles. The molecule has 0 spiro atoms. The maximum atomic E-state index is 9.85. The van der Waals surface area contributed by atoms with Crippen molar-refractivity contribution < 1.29 is 19.7 Å².